The molecule has 0 unspecified atom stereocenters. The minimum Gasteiger partial charge on any atom is -0.339 e. The van der Waals surface area contributed by atoms with Gasteiger partial charge < -0.3 is 9.42 Å². The number of aromatic nitrogens is 4. The van der Waals surface area contributed by atoms with Crippen LogP contribution in [0.5, 0.6) is 0 Å². The van der Waals surface area contributed by atoms with Crippen LogP contribution in [0.4, 0.5) is 0 Å². The number of benzene rings is 1. The van der Waals surface area contributed by atoms with Crippen LogP contribution < -0.4 is 11.2 Å². The van der Waals surface area contributed by atoms with E-state index in [-0.39, 0.29) is 24.6 Å². The second kappa shape index (κ2) is 9.35. The Morgan fingerprint density at radius 3 is 2.59 bits per heavy atom. The first kappa shape index (κ1) is 22.2. The molecule has 176 valence electrons. The molecule has 5 rings (SSSR count). The van der Waals surface area contributed by atoms with Crippen LogP contribution in [0.3, 0.4) is 0 Å². The molecule has 0 aliphatic carbocycles. The average Bonchev–Trinajstić information content (AvgIpc) is 3.55. The van der Waals surface area contributed by atoms with Gasteiger partial charge in [-0.2, -0.15) is 4.98 Å². The fourth-order valence-electron chi connectivity index (χ4n) is 4.21. The van der Waals surface area contributed by atoms with Crippen molar-refractivity contribution < 1.29 is 9.32 Å². The number of hydrogen-bond donors (Lipinski definition) is 0. The molecule has 1 amide bonds. The summed E-state index contributed by atoms with van der Waals surface area (Å²) in [5.74, 6) is 0.985. The molecule has 34 heavy (non-hydrogen) atoms. The Labute approximate surface area is 198 Å². The summed E-state index contributed by atoms with van der Waals surface area (Å²) >= 11 is 1.56. The zero-order chi connectivity index (χ0) is 23.7. The maximum absolute atomic E-state index is 13.1. The molecular weight excluding hydrogens is 456 g/mol. The number of fused-ring (bicyclic) bond motifs is 1. The van der Waals surface area contributed by atoms with Crippen LogP contribution in [0, 0.1) is 0 Å². The maximum atomic E-state index is 13.1. The van der Waals surface area contributed by atoms with E-state index in [4.69, 9.17) is 4.52 Å². The third-order valence-corrected chi connectivity index (χ3v) is 6.90. The van der Waals surface area contributed by atoms with Gasteiger partial charge in [0.25, 0.3) is 5.56 Å². The van der Waals surface area contributed by atoms with Crippen LogP contribution in [0.15, 0.2) is 55.9 Å². The summed E-state index contributed by atoms with van der Waals surface area (Å²) in [5, 5.41) is 6.44. The predicted octanol–water partition coefficient (Wildman–Crippen LogP) is 1.64. The van der Waals surface area contributed by atoms with Crippen LogP contribution in [-0.4, -0.2) is 61.2 Å². The van der Waals surface area contributed by atoms with Gasteiger partial charge in [-0.1, -0.05) is 23.4 Å². The lowest BCUT2D eigenvalue weighted by molar-refractivity contribution is -0.133. The van der Waals surface area contributed by atoms with E-state index in [1.807, 2.05) is 17.5 Å². The molecule has 0 atom stereocenters. The van der Waals surface area contributed by atoms with Crippen molar-refractivity contribution in [1.29, 1.82) is 0 Å². The molecule has 3 aromatic heterocycles. The highest BCUT2D eigenvalue weighted by Gasteiger charge is 2.24. The van der Waals surface area contributed by atoms with Gasteiger partial charge in [-0.3, -0.25) is 23.6 Å². The van der Waals surface area contributed by atoms with Gasteiger partial charge >= 0.3 is 5.69 Å². The van der Waals surface area contributed by atoms with Gasteiger partial charge in [-0.05, 0) is 30.5 Å². The van der Waals surface area contributed by atoms with Crippen LogP contribution in [0.2, 0.25) is 0 Å². The molecule has 0 spiro atoms. The Kier molecular flexibility index (Phi) is 6.12. The van der Waals surface area contributed by atoms with Gasteiger partial charge in [-0.15, -0.1) is 11.3 Å². The normalized spacial score (nSPS) is 14.7. The number of rotatable bonds is 6. The second-order valence-corrected chi connectivity index (χ2v) is 9.03. The van der Waals surface area contributed by atoms with Crippen LogP contribution >= 0.6 is 11.3 Å². The van der Waals surface area contributed by atoms with Gasteiger partial charge in [0.05, 0.1) is 22.3 Å². The summed E-state index contributed by atoms with van der Waals surface area (Å²) < 4.78 is 7.96. The van der Waals surface area contributed by atoms with Crippen molar-refractivity contribution in [2.75, 3.05) is 26.2 Å². The predicted molar refractivity (Wildman–Crippen MR) is 128 cm³/mol. The van der Waals surface area contributed by atoms with Crippen molar-refractivity contribution in [3.63, 3.8) is 0 Å². The molecule has 1 saturated heterocycles. The highest BCUT2D eigenvalue weighted by atomic mass is 32.1. The fourth-order valence-corrected chi connectivity index (χ4v) is 4.86. The Hall–Kier alpha value is -3.57. The molecule has 0 saturated carbocycles. The van der Waals surface area contributed by atoms with E-state index in [0.29, 0.717) is 55.3 Å². The number of hydrogen-bond acceptors (Lipinski definition) is 8. The fraction of sp³-hybridized carbons (Fsp3) is 0.348. The lowest BCUT2D eigenvalue weighted by Gasteiger charge is -2.34. The van der Waals surface area contributed by atoms with Crippen molar-refractivity contribution in [3.05, 3.63) is 68.5 Å². The van der Waals surface area contributed by atoms with Crippen molar-refractivity contribution in [2.45, 2.75) is 26.6 Å². The highest BCUT2D eigenvalue weighted by Crippen LogP contribution is 2.21. The molecule has 4 heterocycles. The molecule has 1 aromatic carbocycles. The van der Waals surface area contributed by atoms with E-state index in [2.05, 4.69) is 15.0 Å². The third kappa shape index (κ3) is 4.19. The standard InChI is InChI=1S/C23H24N6O4S/c1-2-28-22(31)16-6-3-4-7-17(16)29(23(28)32)15-20(30)27-11-9-26(10-12-27)14-19-24-21(25-33-19)18-8-5-13-34-18/h3-8,13H,2,9-12,14-15H2,1H3. The molecule has 11 heteroatoms. The summed E-state index contributed by atoms with van der Waals surface area (Å²) in [6.45, 7) is 4.79. The molecule has 0 bridgehead atoms. The Bertz CT molecular complexity index is 1430. The summed E-state index contributed by atoms with van der Waals surface area (Å²) in [4.78, 5) is 47.9. The first-order valence-corrected chi connectivity index (χ1v) is 12.0. The first-order chi connectivity index (χ1) is 16.5. The molecule has 10 nitrogen and oxygen atoms in total. The van der Waals surface area contributed by atoms with Gasteiger partial charge in [0.15, 0.2) is 0 Å². The molecule has 0 radical (unpaired) electrons. The zero-order valence-corrected chi connectivity index (χ0v) is 19.5. The summed E-state index contributed by atoms with van der Waals surface area (Å²) in [6.07, 6.45) is 0. The van der Waals surface area contributed by atoms with Crippen molar-refractivity contribution in [3.8, 4) is 10.7 Å². The lowest BCUT2D eigenvalue weighted by Crippen LogP contribution is -2.50. The average molecular weight is 481 g/mol. The van der Waals surface area contributed by atoms with Gasteiger partial charge in [0.1, 0.15) is 6.54 Å². The SMILES string of the molecule is CCn1c(=O)c2ccccc2n(CC(=O)N2CCN(Cc3nc(-c4cccs4)no3)CC2)c1=O. The number of amides is 1. The van der Waals surface area contributed by atoms with Gasteiger partial charge in [0, 0.05) is 32.7 Å². The largest absolute Gasteiger partial charge is 0.339 e. The quantitative estimate of drug-likeness (QED) is 0.413. The second-order valence-electron chi connectivity index (χ2n) is 8.08. The van der Waals surface area contributed by atoms with Gasteiger partial charge in [-0.25, -0.2) is 4.79 Å². The van der Waals surface area contributed by atoms with Crippen molar-refractivity contribution in [2.24, 2.45) is 0 Å². The highest BCUT2D eigenvalue weighted by molar-refractivity contribution is 7.13. The monoisotopic (exact) mass is 480 g/mol. The first-order valence-electron chi connectivity index (χ1n) is 11.1. The van der Waals surface area contributed by atoms with E-state index in [1.54, 1.807) is 47.4 Å². The Morgan fingerprint density at radius 1 is 1.06 bits per heavy atom. The number of thiophene rings is 1. The molecular formula is C23H24N6O4S. The Morgan fingerprint density at radius 2 is 1.85 bits per heavy atom. The van der Waals surface area contributed by atoms with E-state index in [0.717, 1.165) is 4.88 Å². The smallest absolute Gasteiger partial charge is 0.331 e. The van der Waals surface area contributed by atoms with E-state index >= 15 is 0 Å². The van der Waals surface area contributed by atoms with E-state index in [9.17, 15) is 14.4 Å². The molecule has 4 aromatic rings. The number of para-hydroxylation sites is 1. The van der Waals surface area contributed by atoms with Gasteiger partial charge in [0.2, 0.25) is 17.6 Å². The third-order valence-electron chi connectivity index (χ3n) is 6.04. The van der Waals surface area contributed by atoms with Crippen molar-refractivity contribution in [1.82, 2.24) is 29.1 Å². The molecule has 1 aliphatic heterocycles. The number of piperazine rings is 1. The number of carbonyl (C=O) groups is 1. The van der Waals surface area contributed by atoms with Crippen LogP contribution in [0.1, 0.15) is 12.8 Å². The van der Waals surface area contributed by atoms with E-state index < -0.39 is 5.69 Å². The summed E-state index contributed by atoms with van der Waals surface area (Å²) in [7, 11) is 0. The molecule has 1 aliphatic rings. The summed E-state index contributed by atoms with van der Waals surface area (Å²) in [6, 6.07) is 10.8. The number of carbonyl (C=O) groups excluding carboxylic acids is 1. The summed E-state index contributed by atoms with van der Waals surface area (Å²) in [5.41, 5.74) is -0.313. The lowest BCUT2D eigenvalue weighted by atomic mass is 10.2. The zero-order valence-electron chi connectivity index (χ0n) is 18.7. The van der Waals surface area contributed by atoms with Crippen molar-refractivity contribution >= 4 is 28.1 Å². The minimum absolute atomic E-state index is 0.104. The minimum atomic E-state index is -0.462. The molecule has 1 fully saturated rings. The molecule has 0 N–H and O–H groups in total. The number of nitrogens with zero attached hydrogens (tertiary/aromatic N) is 6. The Balaban J connectivity index is 1.25. The maximum Gasteiger partial charge on any atom is 0.331 e. The van der Waals surface area contributed by atoms with Crippen LogP contribution in [0.25, 0.3) is 21.6 Å². The van der Waals surface area contributed by atoms with E-state index in [1.165, 1.54) is 9.13 Å². The van der Waals surface area contributed by atoms with Crippen LogP contribution in [-0.2, 0) is 24.4 Å². The topological polar surface area (TPSA) is 106 Å².